The molecule has 0 radical (unpaired) electrons. The Morgan fingerprint density at radius 3 is 2.50 bits per heavy atom. The fraction of sp³-hybridized carbons (Fsp3) is 0.389. The summed E-state index contributed by atoms with van der Waals surface area (Å²) in [5.74, 6) is 1.45. The number of ether oxygens (including phenoxy) is 2. The predicted molar refractivity (Wildman–Crippen MR) is 93.6 cm³/mol. The molecule has 0 unspecified atom stereocenters. The first kappa shape index (κ1) is 16.6. The largest absolute Gasteiger partial charge is 0.859 e. The molecule has 4 rings (SSSR count). The van der Waals surface area contributed by atoms with Gasteiger partial charge in [-0.05, 0) is 30.5 Å². The molecular weight excluding hydrogens is 334 g/mol. The Labute approximate surface area is 151 Å². The van der Waals surface area contributed by atoms with Crippen LogP contribution in [-0.4, -0.2) is 53.7 Å². The molecule has 0 spiro atoms. The number of hydrogen-bond acceptors (Lipinski definition) is 8. The van der Waals surface area contributed by atoms with E-state index in [1.54, 1.807) is 0 Å². The molecule has 3 heterocycles. The fourth-order valence-electron chi connectivity index (χ4n) is 3.29. The highest BCUT2D eigenvalue weighted by Crippen LogP contribution is 2.35. The topological polar surface area (TPSA) is 97.6 Å². The first-order valence-corrected chi connectivity index (χ1v) is 8.58. The lowest BCUT2D eigenvalue weighted by Crippen LogP contribution is -2.47. The van der Waals surface area contributed by atoms with Crippen LogP contribution in [0.3, 0.4) is 0 Å². The van der Waals surface area contributed by atoms with Gasteiger partial charge in [-0.2, -0.15) is 0 Å². The second kappa shape index (κ2) is 6.80. The Hall–Kier alpha value is -2.87. The number of anilines is 1. The summed E-state index contributed by atoms with van der Waals surface area (Å²) >= 11 is 0. The summed E-state index contributed by atoms with van der Waals surface area (Å²) in [7, 11) is 0. The molecule has 1 N–H and O–H groups in total. The zero-order valence-corrected chi connectivity index (χ0v) is 14.5. The summed E-state index contributed by atoms with van der Waals surface area (Å²) in [6.45, 7) is 5.87. The van der Waals surface area contributed by atoms with Crippen LogP contribution in [-0.2, 0) is 0 Å². The van der Waals surface area contributed by atoms with Crippen molar-refractivity contribution in [3.8, 4) is 11.5 Å². The van der Waals surface area contributed by atoms with Crippen molar-refractivity contribution in [2.45, 2.75) is 13.0 Å². The molecule has 1 atom stereocenters. The molecular formula is C18H20N5O3-. The Morgan fingerprint density at radius 1 is 1.12 bits per heavy atom. The molecule has 26 heavy (non-hydrogen) atoms. The maximum Gasteiger partial charge on any atom is 0.231 e. The number of nitrogens with zero attached hydrogens (tertiary/aromatic N) is 4. The van der Waals surface area contributed by atoms with Crippen molar-refractivity contribution in [3.05, 3.63) is 41.7 Å². The minimum Gasteiger partial charge on any atom is -0.859 e. The molecule has 0 saturated carbocycles. The van der Waals surface area contributed by atoms with E-state index in [0.717, 1.165) is 37.7 Å². The van der Waals surface area contributed by atoms with Gasteiger partial charge in [-0.1, -0.05) is 6.07 Å². The first-order chi connectivity index (χ1) is 12.6. The fourth-order valence-corrected chi connectivity index (χ4v) is 3.29. The summed E-state index contributed by atoms with van der Waals surface area (Å²) < 4.78 is 10.9. The highest BCUT2D eigenvalue weighted by Gasteiger charge is 2.24. The van der Waals surface area contributed by atoms with Crippen molar-refractivity contribution < 1.29 is 14.6 Å². The number of piperazine rings is 1. The first-order valence-electron chi connectivity index (χ1n) is 8.58. The molecule has 1 fully saturated rings. The monoisotopic (exact) mass is 354 g/mol. The Bertz CT molecular complexity index is 803. The lowest BCUT2D eigenvalue weighted by molar-refractivity contribution is -0.214. The van der Waals surface area contributed by atoms with Gasteiger partial charge in [0.15, 0.2) is 11.5 Å². The average molecular weight is 354 g/mol. The van der Waals surface area contributed by atoms with Gasteiger partial charge >= 0.3 is 0 Å². The molecule has 2 aliphatic rings. The lowest BCUT2D eigenvalue weighted by Gasteiger charge is -2.38. The molecule has 0 amide bonds. The van der Waals surface area contributed by atoms with Gasteiger partial charge in [-0.15, -0.1) is 0 Å². The normalized spacial score (nSPS) is 18.0. The molecule has 1 saturated heterocycles. The van der Waals surface area contributed by atoms with Crippen LogP contribution in [0.5, 0.6) is 11.5 Å². The Morgan fingerprint density at radius 2 is 1.81 bits per heavy atom. The highest BCUT2D eigenvalue weighted by atomic mass is 16.7. The van der Waals surface area contributed by atoms with Gasteiger partial charge in [0.25, 0.3) is 0 Å². The maximum absolute atomic E-state index is 11.0. The summed E-state index contributed by atoms with van der Waals surface area (Å²) in [6.07, 6.45) is 2.83. The van der Waals surface area contributed by atoms with Crippen molar-refractivity contribution in [1.29, 1.82) is 5.41 Å². The molecule has 0 bridgehead atoms. The zero-order chi connectivity index (χ0) is 18.1. The van der Waals surface area contributed by atoms with E-state index in [0.29, 0.717) is 5.95 Å². The third kappa shape index (κ3) is 3.15. The van der Waals surface area contributed by atoms with E-state index in [4.69, 9.17) is 14.9 Å². The van der Waals surface area contributed by atoms with Gasteiger partial charge in [0, 0.05) is 50.2 Å². The van der Waals surface area contributed by atoms with Crippen LogP contribution in [0.25, 0.3) is 0 Å². The van der Waals surface area contributed by atoms with Gasteiger partial charge < -0.3 is 24.9 Å². The van der Waals surface area contributed by atoms with Crippen molar-refractivity contribution in [2.75, 3.05) is 37.9 Å². The molecule has 2 aromatic rings. The second-order valence-corrected chi connectivity index (χ2v) is 6.41. The van der Waals surface area contributed by atoms with Gasteiger partial charge in [0.1, 0.15) is 0 Å². The molecule has 136 valence electrons. The van der Waals surface area contributed by atoms with Crippen molar-refractivity contribution in [2.24, 2.45) is 0 Å². The van der Waals surface area contributed by atoms with Crippen LogP contribution in [0.2, 0.25) is 0 Å². The maximum atomic E-state index is 11.0. The molecule has 2 aliphatic heterocycles. The van der Waals surface area contributed by atoms with Crippen molar-refractivity contribution in [1.82, 2.24) is 14.9 Å². The second-order valence-electron chi connectivity index (χ2n) is 6.41. The van der Waals surface area contributed by atoms with E-state index in [1.807, 2.05) is 6.07 Å². The number of aromatic nitrogens is 2. The van der Waals surface area contributed by atoms with Gasteiger partial charge in [-0.3, -0.25) is 4.90 Å². The van der Waals surface area contributed by atoms with Gasteiger partial charge in [-0.25, -0.2) is 9.97 Å². The smallest absolute Gasteiger partial charge is 0.231 e. The predicted octanol–water partition coefficient (Wildman–Crippen LogP) is 0.774. The third-order valence-corrected chi connectivity index (χ3v) is 4.92. The summed E-state index contributed by atoms with van der Waals surface area (Å²) in [5.41, 5.74) is 1.42. The van der Waals surface area contributed by atoms with E-state index in [9.17, 15) is 5.11 Å². The summed E-state index contributed by atoms with van der Waals surface area (Å²) in [5, 5.41) is 18.1. The van der Waals surface area contributed by atoms with Crippen molar-refractivity contribution >= 4 is 11.8 Å². The average Bonchev–Trinajstić information content (AvgIpc) is 3.15. The molecule has 0 aliphatic carbocycles. The van der Waals surface area contributed by atoms with Crippen LogP contribution in [0.1, 0.15) is 24.1 Å². The summed E-state index contributed by atoms with van der Waals surface area (Å²) in [6, 6.07) is 6.38. The van der Waals surface area contributed by atoms with Crippen LogP contribution < -0.4 is 19.5 Å². The molecule has 1 aromatic carbocycles. The zero-order valence-electron chi connectivity index (χ0n) is 14.5. The van der Waals surface area contributed by atoms with E-state index in [2.05, 4.69) is 38.8 Å². The van der Waals surface area contributed by atoms with Gasteiger partial charge in [0.2, 0.25) is 12.7 Å². The van der Waals surface area contributed by atoms with E-state index < -0.39 is 5.90 Å². The lowest BCUT2D eigenvalue weighted by atomic mass is 10.1. The van der Waals surface area contributed by atoms with E-state index in [1.165, 1.54) is 18.0 Å². The van der Waals surface area contributed by atoms with E-state index in [-0.39, 0.29) is 18.4 Å². The minimum atomic E-state index is -0.765. The minimum absolute atomic E-state index is 0.212. The standard InChI is InChI=1S/C18H21N5O3/c1-12(13-2-3-15-16(8-13)26-11-25-15)22-4-6-23(7-5-22)18-20-9-14(10-21-18)17(19)24/h2-3,8-10,12H,4-7,11H2,1H3,(H2,19,24)/p-1/t12-/m0/s1. The van der Waals surface area contributed by atoms with Crippen LogP contribution in [0.4, 0.5) is 5.95 Å². The number of rotatable bonds is 4. The number of nitrogens with one attached hydrogen (secondary N) is 1. The quantitative estimate of drug-likeness (QED) is 0.640. The number of hydrogen-bond donors (Lipinski definition) is 1. The van der Waals surface area contributed by atoms with E-state index >= 15 is 0 Å². The molecule has 8 nitrogen and oxygen atoms in total. The highest BCUT2D eigenvalue weighted by molar-refractivity contribution is 5.87. The SMILES string of the molecule is C[C@@H](c1ccc2c(c1)OCO2)N1CCN(c2ncc(C(=N)[O-])cn2)CC1. The summed E-state index contributed by atoms with van der Waals surface area (Å²) in [4.78, 5) is 12.9. The van der Waals surface area contributed by atoms with Crippen molar-refractivity contribution in [3.63, 3.8) is 0 Å². The number of fused-ring (bicyclic) bond motifs is 1. The van der Waals surface area contributed by atoms with Crippen LogP contribution in [0, 0.1) is 5.41 Å². The van der Waals surface area contributed by atoms with Gasteiger partial charge in [0.05, 0.1) is 0 Å². The molecule has 1 aromatic heterocycles. The Balaban J connectivity index is 1.39. The van der Waals surface area contributed by atoms with Crippen LogP contribution >= 0.6 is 0 Å². The molecule has 8 heteroatoms. The van der Waals surface area contributed by atoms with Crippen LogP contribution in [0.15, 0.2) is 30.6 Å². The Kier molecular flexibility index (Phi) is 4.34. The number of benzene rings is 1. The third-order valence-electron chi connectivity index (χ3n) is 4.92.